The number of rotatable bonds is 4. The van der Waals surface area contributed by atoms with Crippen LogP contribution in [0.15, 0.2) is 54.2 Å². The number of hydrogen-bond donors (Lipinski definition) is 1. The quantitative estimate of drug-likeness (QED) is 0.662. The maximum Gasteiger partial charge on any atom is 0.281 e. The fraction of sp³-hybridized carbons (Fsp3) is 0.111. The molecule has 4 nitrogen and oxygen atoms in total. The van der Waals surface area contributed by atoms with Crippen LogP contribution in [0, 0.1) is 0 Å². The van der Waals surface area contributed by atoms with Gasteiger partial charge in [0, 0.05) is 5.02 Å². The van der Waals surface area contributed by atoms with E-state index in [1.807, 2.05) is 43.3 Å². The molecule has 2 aromatic carbocycles. The number of carbonyl (C=O) groups is 1. The van der Waals surface area contributed by atoms with Crippen molar-refractivity contribution in [2.45, 2.75) is 6.92 Å². The van der Waals surface area contributed by atoms with Gasteiger partial charge in [0.1, 0.15) is 11.4 Å². The second kappa shape index (κ2) is 7.03. The molecule has 0 aliphatic carbocycles. The highest BCUT2D eigenvalue weighted by atomic mass is 35.5. The van der Waals surface area contributed by atoms with Crippen LogP contribution >= 0.6 is 23.8 Å². The number of halogens is 1. The van der Waals surface area contributed by atoms with Gasteiger partial charge >= 0.3 is 0 Å². The highest BCUT2D eigenvalue weighted by molar-refractivity contribution is 7.80. The molecule has 0 radical (unpaired) electrons. The molecule has 0 saturated carbocycles. The van der Waals surface area contributed by atoms with Crippen molar-refractivity contribution in [2.75, 3.05) is 11.5 Å². The molecule has 1 amide bonds. The lowest BCUT2D eigenvalue weighted by atomic mass is 10.2. The van der Waals surface area contributed by atoms with E-state index in [4.69, 9.17) is 28.6 Å². The number of benzene rings is 2. The Morgan fingerprint density at radius 1 is 1.21 bits per heavy atom. The van der Waals surface area contributed by atoms with E-state index in [1.165, 1.54) is 4.90 Å². The summed E-state index contributed by atoms with van der Waals surface area (Å²) in [7, 11) is 0. The molecule has 1 heterocycles. The van der Waals surface area contributed by atoms with Crippen LogP contribution in [0.25, 0.3) is 6.08 Å². The lowest BCUT2D eigenvalue weighted by Crippen LogP contribution is -2.30. The average molecular weight is 359 g/mol. The van der Waals surface area contributed by atoms with E-state index in [0.717, 1.165) is 5.56 Å². The average Bonchev–Trinajstić information content (AvgIpc) is 2.85. The van der Waals surface area contributed by atoms with Crippen LogP contribution in [-0.2, 0) is 4.79 Å². The van der Waals surface area contributed by atoms with Gasteiger partial charge in [0.15, 0.2) is 5.11 Å². The van der Waals surface area contributed by atoms with Gasteiger partial charge in [-0.05, 0) is 49.0 Å². The zero-order valence-electron chi connectivity index (χ0n) is 13.0. The van der Waals surface area contributed by atoms with Crippen molar-refractivity contribution < 1.29 is 9.53 Å². The summed E-state index contributed by atoms with van der Waals surface area (Å²) in [4.78, 5) is 14.2. The van der Waals surface area contributed by atoms with Gasteiger partial charge in [-0.15, -0.1) is 0 Å². The van der Waals surface area contributed by atoms with Crippen molar-refractivity contribution >= 4 is 46.6 Å². The Morgan fingerprint density at radius 2 is 1.92 bits per heavy atom. The Kier molecular flexibility index (Phi) is 4.83. The molecule has 0 bridgehead atoms. The van der Waals surface area contributed by atoms with Gasteiger partial charge in [0.25, 0.3) is 5.91 Å². The predicted molar refractivity (Wildman–Crippen MR) is 100 cm³/mol. The number of hydrogen-bond acceptors (Lipinski definition) is 3. The van der Waals surface area contributed by atoms with Crippen LogP contribution in [0.2, 0.25) is 5.02 Å². The number of para-hydroxylation sites is 2. The minimum absolute atomic E-state index is 0.243. The van der Waals surface area contributed by atoms with Crippen LogP contribution in [0.1, 0.15) is 12.5 Å². The zero-order valence-corrected chi connectivity index (χ0v) is 14.5. The van der Waals surface area contributed by atoms with Crippen molar-refractivity contribution in [1.82, 2.24) is 5.32 Å². The fourth-order valence-electron chi connectivity index (χ4n) is 2.42. The summed E-state index contributed by atoms with van der Waals surface area (Å²) in [6.45, 7) is 2.39. The molecule has 6 heteroatoms. The third-order valence-corrected chi connectivity index (χ3v) is 4.12. The summed E-state index contributed by atoms with van der Waals surface area (Å²) < 4.78 is 5.60. The largest absolute Gasteiger partial charge is 0.492 e. The van der Waals surface area contributed by atoms with Crippen LogP contribution in [0.4, 0.5) is 5.69 Å². The highest BCUT2D eigenvalue weighted by Crippen LogP contribution is 2.32. The summed E-state index contributed by atoms with van der Waals surface area (Å²) in [5.41, 5.74) is 1.74. The Morgan fingerprint density at radius 3 is 2.67 bits per heavy atom. The van der Waals surface area contributed by atoms with Gasteiger partial charge in [0.05, 0.1) is 12.3 Å². The first-order chi connectivity index (χ1) is 11.6. The van der Waals surface area contributed by atoms with E-state index in [0.29, 0.717) is 33.9 Å². The first-order valence-corrected chi connectivity index (χ1v) is 8.24. The smallest absolute Gasteiger partial charge is 0.281 e. The molecular weight excluding hydrogens is 344 g/mol. The topological polar surface area (TPSA) is 41.6 Å². The van der Waals surface area contributed by atoms with E-state index in [-0.39, 0.29) is 5.91 Å². The maximum absolute atomic E-state index is 12.8. The fourth-order valence-corrected chi connectivity index (χ4v) is 2.90. The standard InChI is InChI=1S/C18H15ClN2O2S/c1-2-23-16-10-6-5-9-15(16)21-17(22)14(20-18(21)24)11-12-7-3-4-8-13(12)19/h3-11H,2H2,1H3,(H,20,24)/b14-11-. The second-order valence-electron chi connectivity index (χ2n) is 5.05. The molecule has 0 aromatic heterocycles. The number of anilines is 1. The molecule has 122 valence electrons. The van der Waals surface area contributed by atoms with Gasteiger partial charge in [-0.2, -0.15) is 0 Å². The van der Waals surface area contributed by atoms with E-state index in [9.17, 15) is 4.79 Å². The van der Waals surface area contributed by atoms with Gasteiger partial charge < -0.3 is 10.1 Å². The molecule has 3 rings (SSSR count). The first-order valence-electron chi connectivity index (χ1n) is 7.45. The summed E-state index contributed by atoms with van der Waals surface area (Å²) in [5.74, 6) is 0.364. The van der Waals surface area contributed by atoms with Crippen molar-refractivity contribution in [3.63, 3.8) is 0 Å². The number of thiocarbonyl (C=S) groups is 1. The Hall–Kier alpha value is -2.37. The van der Waals surface area contributed by atoms with Crippen LogP contribution in [0.3, 0.4) is 0 Å². The van der Waals surface area contributed by atoms with Gasteiger partial charge in [-0.25, -0.2) is 4.90 Å². The SMILES string of the molecule is CCOc1ccccc1N1C(=O)/C(=C/c2ccccc2Cl)NC1=S. The second-order valence-corrected chi connectivity index (χ2v) is 5.84. The maximum atomic E-state index is 12.8. The minimum Gasteiger partial charge on any atom is -0.492 e. The van der Waals surface area contributed by atoms with Crippen molar-refractivity contribution in [1.29, 1.82) is 0 Å². The summed E-state index contributed by atoms with van der Waals surface area (Å²) in [5, 5.41) is 3.83. The minimum atomic E-state index is -0.243. The first kappa shape index (κ1) is 16.5. The number of nitrogens with one attached hydrogen (secondary N) is 1. The summed E-state index contributed by atoms with van der Waals surface area (Å²) in [6.07, 6.45) is 1.69. The Bertz CT molecular complexity index is 835. The van der Waals surface area contributed by atoms with Crippen LogP contribution < -0.4 is 15.0 Å². The Balaban J connectivity index is 1.97. The third-order valence-electron chi connectivity index (χ3n) is 3.49. The molecule has 24 heavy (non-hydrogen) atoms. The monoisotopic (exact) mass is 358 g/mol. The highest BCUT2D eigenvalue weighted by Gasteiger charge is 2.33. The molecule has 0 spiro atoms. The van der Waals surface area contributed by atoms with Gasteiger partial charge in [0.2, 0.25) is 0 Å². The van der Waals surface area contributed by atoms with E-state index < -0.39 is 0 Å². The lowest BCUT2D eigenvalue weighted by Gasteiger charge is -2.17. The van der Waals surface area contributed by atoms with Crippen molar-refractivity contribution in [3.8, 4) is 5.75 Å². The number of nitrogens with zero attached hydrogens (tertiary/aromatic N) is 1. The normalized spacial score (nSPS) is 15.8. The van der Waals surface area contributed by atoms with Gasteiger partial charge in [-0.1, -0.05) is 41.9 Å². The van der Waals surface area contributed by atoms with Crippen molar-refractivity contribution in [3.05, 3.63) is 64.8 Å². The molecule has 1 fully saturated rings. The summed E-state index contributed by atoms with van der Waals surface area (Å²) in [6, 6.07) is 14.6. The molecule has 2 aromatic rings. The van der Waals surface area contributed by atoms with Crippen LogP contribution in [0.5, 0.6) is 5.75 Å². The van der Waals surface area contributed by atoms with Crippen LogP contribution in [-0.4, -0.2) is 17.6 Å². The molecule has 1 saturated heterocycles. The van der Waals surface area contributed by atoms with Gasteiger partial charge in [-0.3, -0.25) is 4.79 Å². The molecule has 1 aliphatic rings. The number of amides is 1. The summed E-state index contributed by atoms with van der Waals surface area (Å²) >= 11 is 11.5. The Labute approximate surface area is 150 Å². The zero-order chi connectivity index (χ0) is 17.1. The van der Waals surface area contributed by atoms with E-state index >= 15 is 0 Å². The molecular formula is C18H15ClN2O2S. The number of ether oxygens (including phenoxy) is 1. The van der Waals surface area contributed by atoms with Crippen molar-refractivity contribution in [2.24, 2.45) is 0 Å². The lowest BCUT2D eigenvalue weighted by molar-refractivity contribution is -0.113. The van der Waals surface area contributed by atoms with E-state index in [1.54, 1.807) is 18.2 Å². The predicted octanol–water partition coefficient (Wildman–Crippen LogP) is 4.00. The molecule has 1 N–H and O–H groups in total. The third kappa shape index (κ3) is 3.13. The molecule has 0 atom stereocenters. The number of carbonyl (C=O) groups excluding carboxylic acids is 1. The molecule has 0 unspecified atom stereocenters. The molecule has 1 aliphatic heterocycles. The van der Waals surface area contributed by atoms with E-state index in [2.05, 4.69) is 5.32 Å².